The van der Waals surface area contributed by atoms with Crippen LogP contribution in [0.5, 0.6) is 0 Å². The van der Waals surface area contributed by atoms with Crippen molar-refractivity contribution < 1.29 is 17.9 Å². The van der Waals surface area contributed by atoms with Gasteiger partial charge in [-0.3, -0.25) is 4.79 Å². The summed E-state index contributed by atoms with van der Waals surface area (Å²) in [6.45, 7) is 10.3. The lowest BCUT2D eigenvalue weighted by molar-refractivity contribution is 0.102. The zero-order chi connectivity index (χ0) is 24.1. The Morgan fingerprint density at radius 2 is 1.91 bits per heavy atom. The highest BCUT2D eigenvalue weighted by atomic mass is 32.2. The Morgan fingerprint density at radius 1 is 1.12 bits per heavy atom. The van der Waals surface area contributed by atoms with E-state index in [2.05, 4.69) is 26.8 Å². The Morgan fingerprint density at radius 3 is 2.59 bits per heavy atom. The minimum atomic E-state index is -3.73. The molecule has 0 aliphatic carbocycles. The first kappa shape index (κ1) is 24.7. The number of nitrogens with zero attached hydrogens (tertiary/aromatic N) is 2. The number of likely N-dealkylation sites (N-methyl/N-ethyl adjacent to an activating group) is 1. The summed E-state index contributed by atoms with van der Waals surface area (Å²) in [5, 5.41) is 2.90. The number of carbonyl (C=O) groups excluding carboxylic acids is 1. The normalized spacial score (nSPS) is 19.4. The van der Waals surface area contributed by atoms with Crippen LogP contribution in [-0.2, 0) is 14.8 Å². The number of nitrogens with one attached hydrogen (secondary N) is 2. The third-order valence-corrected chi connectivity index (χ3v) is 7.97. The standard InChI is InChI=1S/C25H34N4O4S/c1-3-28-11-13-29(14-12-28)24-10-9-21(16-19(24)2)27-25(30)20-6-4-8-23(17-20)34(31,32)26-18-22-7-5-15-33-22/h4,6,8-10,16-17,22,26H,3,5,7,11-15,18H2,1-2H3,(H,27,30)/t22-/m0/s1. The Bertz CT molecular complexity index is 1110. The van der Waals surface area contributed by atoms with E-state index in [1.807, 2.05) is 25.1 Å². The number of sulfonamides is 1. The molecule has 2 aliphatic rings. The van der Waals surface area contributed by atoms with Crippen LogP contribution in [0.4, 0.5) is 11.4 Å². The molecule has 0 spiro atoms. The zero-order valence-corrected chi connectivity index (χ0v) is 20.7. The third kappa shape index (κ3) is 5.96. The smallest absolute Gasteiger partial charge is 0.255 e. The maximum Gasteiger partial charge on any atom is 0.255 e. The molecule has 2 saturated heterocycles. The molecule has 2 fully saturated rings. The van der Waals surface area contributed by atoms with Gasteiger partial charge in [0.25, 0.3) is 5.91 Å². The Hall–Kier alpha value is -2.46. The molecule has 9 heteroatoms. The summed E-state index contributed by atoms with van der Waals surface area (Å²) >= 11 is 0. The fourth-order valence-electron chi connectivity index (χ4n) is 4.49. The van der Waals surface area contributed by atoms with E-state index in [0.29, 0.717) is 12.3 Å². The van der Waals surface area contributed by atoms with Gasteiger partial charge in [0.15, 0.2) is 0 Å². The van der Waals surface area contributed by atoms with E-state index >= 15 is 0 Å². The van der Waals surface area contributed by atoms with Gasteiger partial charge in [0.1, 0.15) is 0 Å². The summed E-state index contributed by atoms with van der Waals surface area (Å²) in [6.07, 6.45) is 1.69. The molecule has 184 valence electrons. The molecule has 4 rings (SSSR count). The van der Waals surface area contributed by atoms with Crippen LogP contribution in [0.25, 0.3) is 0 Å². The number of benzene rings is 2. The molecule has 0 radical (unpaired) electrons. The first-order chi connectivity index (χ1) is 16.4. The molecular weight excluding hydrogens is 452 g/mol. The highest BCUT2D eigenvalue weighted by Crippen LogP contribution is 2.25. The molecule has 2 aromatic carbocycles. The highest BCUT2D eigenvalue weighted by molar-refractivity contribution is 7.89. The van der Waals surface area contributed by atoms with Gasteiger partial charge in [0, 0.05) is 56.3 Å². The topological polar surface area (TPSA) is 91.0 Å². The van der Waals surface area contributed by atoms with Gasteiger partial charge in [0.05, 0.1) is 11.0 Å². The second-order valence-electron chi connectivity index (χ2n) is 8.89. The van der Waals surface area contributed by atoms with Gasteiger partial charge < -0.3 is 19.9 Å². The largest absolute Gasteiger partial charge is 0.377 e. The van der Waals surface area contributed by atoms with E-state index < -0.39 is 10.0 Å². The van der Waals surface area contributed by atoms with Gasteiger partial charge in [0.2, 0.25) is 10.0 Å². The first-order valence-electron chi connectivity index (χ1n) is 12.0. The summed E-state index contributed by atoms with van der Waals surface area (Å²) in [7, 11) is -3.73. The molecule has 0 unspecified atom stereocenters. The predicted octanol–water partition coefficient (Wildman–Crippen LogP) is 2.85. The minimum Gasteiger partial charge on any atom is -0.377 e. The average Bonchev–Trinajstić information content (AvgIpc) is 3.37. The lowest BCUT2D eigenvalue weighted by Crippen LogP contribution is -2.46. The number of hydrogen-bond acceptors (Lipinski definition) is 6. The number of piperazine rings is 1. The van der Waals surface area contributed by atoms with Crippen molar-refractivity contribution in [2.45, 2.75) is 37.7 Å². The van der Waals surface area contributed by atoms with Crippen LogP contribution in [0.3, 0.4) is 0 Å². The van der Waals surface area contributed by atoms with Crippen molar-refractivity contribution >= 4 is 27.3 Å². The van der Waals surface area contributed by atoms with Crippen molar-refractivity contribution in [1.82, 2.24) is 9.62 Å². The van der Waals surface area contributed by atoms with Gasteiger partial charge in [-0.2, -0.15) is 0 Å². The summed E-state index contributed by atoms with van der Waals surface area (Å²) in [5.41, 5.74) is 3.25. The molecule has 1 atom stereocenters. The number of rotatable bonds is 8. The quantitative estimate of drug-likeness (QED) is 0.596. The monoisotopic (exact) mass is 486 g/mol. The van der Waals surface area contributed by atoms with Crippen molar-refractivity contribution in [2.75, 3.05) is 56.1 Å². The molecule has 0 saturated carbocycles. The zero-order valence-electron chi connectivity index (χ0n) is 19.9. The van der Waals surface area contributed by atoms with Gasteiger partial charge in [-0.05, 0) is 68.3 Å². The van der Waals surface area contributed by atoms with Crippen LogP contribution in [0, 0.1) is 6.92 Å². The lowest BCUT2D eigenvalue weighted by Gasteiger charge is -2.36. The Labute approximate surface area is 202 Å². The van der Waals surface area contributed by atoms with Crippen LogP contribution in [0.1, 0.15) is 35.7 Å². The van der Waals surface area contributed by atoms with Crippen molar-refractivity contribution in [2.24, 2.45) is 0 Å². The molecule has 2 heterocycles. The summed E-state index contributed by atoms with van der Waals surface area (Å²) < 4.78 is 33.5. The molecule has 8 nitrogen and oxygen atoms in total. The molecule has 2 N–H and O–H groups in total. The number of hydrogen-bond donors (Lipinski definition) is 2. The summed E-state index contributed by atoms with van der Waals surface area (Å²) in [5.74, 6) is -0.347. The van der Waals surface area contributed by atoms with Gasteiger partial charge in [-0.15, -0.1) is 0 Å². The van der Waals surface area contributed by atoms with Crippen LogP contribution in [0.2, 0.25) is 0 Å². The second kappa shape index (κ2) is 10.9. The molecule has 2 aliphatic heterocycles. The van der Waals surface area contributed by atoms with Gasteiger partial charge >= 0.3 is 0 Å². The van der Waals surface area contributed by atoms with Crippen molar-refractivity contribution in [3.63, 3.8) is 0 Å². The molecular formula is C25H34N4O4S. The van der Waals surface area contributed by atoms with Gasteiger partial charge in [-0.1, -0.05) is 13.0 Å². The molecule has 1 amide bonds. The Balaban J connectivity index is 1.40. The van der Waals surface area contributed by atoms with Crippen LogP contribution in [0.15, 0.2) is 47.4 Å². The predicted molar refractivity (Wildman–Crippen MR) is 134 cm³/mol. The highest BCUT2D eigenvalue weighted by Gasteiger charge is 2.22. The van der Waals surface area contributed by atoms with Crippen molar-refractivity contribution in [1.29, 1.82) is 0 Å². The van der Waals surface area contributed by atoms with Crippen molar-refractivity contribution in [3.05, 3.63) is 53.6 Å². The van der Waals surface area contributed by atoms with E-state index in [1.54, 1.807) is 12.1 Å². The van der Waals surface area contributed by atoms with E-state index in [9.17, 15) is 13.2 Å². The minimum absolute atomic E-state index is 0.0656. The fourth-order valence-corrected chi connectivity index (χ4v) is 5.60. The van der Waals surface area contributed by atoms with E-state index in [0.717, 1.165) is 51.1 Å². The molecule has 0 bridgehead atoms. The molecule has 34 heavy (non-hydrogen) atoms. The summed E-state index contributed by atoms with van der Waals surface area (Å²) in [6, 6.07) is 12.0. The van der Waals surface area contributed by atoms with E-state index in [1.165, 1.54) is 17.8 Å². The first-order valence-corrected chi connectivity index (χ1v) is 13.4. The Kier molecular flexibility index (Phi) is 7.88. The van der Waals surface area contributed by atoms with Crippen LogP contribution < -0.4 is 14.9 Å². The lowest BCUT2D eigenvalue weighted by atomic mass is 10.1. The number of carbonyl (C=O) groups is 1. The van der Waals surface area contributed by atoms with Crippen molar-refractivity contribution in [3.8, 4) is 0 Å². The number of aryl methyl sites for hydroxylation is 1. The number of amides is 1. The number of ether oxygens (including phenoxy) is 1. The van der Waals surface area contributed by atoms with E-state index in [-0.39, 0.29) is 29.0 Å². The fraction of sp³-hybridized carbons (Fsp3) is 0.480. The SMILES string of the molecule is CCN1CCN(c2ccc(NC(=O)c3cccc(S(=O)(=O)NC[C@@H]4CCCO4)c3)cc2C)CC1. The maximum absolute atomic E-state index is 12.9. The maximum atomic E-state index is 12.9. The average molecular weight is 487 g/mol. The number of anilines is 2. The third-order valence-electron chi connectivity index (χ3n) is 6.55. The molecule has 2 aromatic rings. The second-order valence-corrected chi connectivity index (χ2v) is 10.7. The summed E-state index contributed by atoms with van der Waals surface area (Å²) in [4.78, 5) is 17.7. The van der Waals surface area contributed by atoms with E-state index in [4.69, 9.17) is 4.74 Å². The van der Waals surface area contributed by atoms with Gasteiger partial charge in [-0.25, -0.2) is 13.1 Å². The molecule has 0 aromatic heterocycles. The van der Waals surface area contributed by atoms with Crippen LogP contribution in [-0.4, -0.2) is 71.2 Å². The van der Waals surface area contributed by atoms with Crippen LogP contribution >= 0.6 is 0 Å².